The molecule has 1 unspecified atom stereocenters. The van der Waals surface area contributed by atoms with Crippen LogP contribution in [0.5, 0.6) is 17.2 Å². The number of rotatable bonds is 6. The fourth-order valence-corrected chi connectivity index (χ4v) is 3.36. The lowest BCUT2D eigenvalue weighted by molar-refractivity contribution is 0.265. The maximum atomic E-state index is 10.2. The van der Waals surface area contributed by atoms with Gasteiger partial charge in [-0.2, -0.15) is 20.3 Å². The van der Waals surface area contributed by atoms with E-state index in [4.69, 9.17) is 4.74 Å². The number of phenolic OH excluding ortho intramolecular Hbond substituents is 2. The molecule has 1 saturated heterocycles. The van der Waals surface area contributed by atoms with Gasteiger partial charge >= 0.3 is 0 Å². The zero-order valence-corrected chi connectivity index (χ0v) is 15.3. The smallest absolute Gasteiger partial charge is 0.229 e. The average Bonchev–Trinajstić information content (AvgIpc) is 3.37. The fourth-order valence-electron chi connectivity index (χ4n) is 3.36. The maximum absolute atomic E-state index is 10.2. The Morgan fingerprint density at radius 1 is 1.25 bits per heavy atom. The summed E-state index contributed by atoms with van der Waals surface area (Å²) in [7, 11) is 1.41. The molecule has 0 radical (unpaired) electrons. The lowest BCUT2D eigenvalue weighted by Gasteiger charge is -2.23. The van der Waals surface area contributed by atoms with Crippen molar-refractivity contribution in [2.45, 2.75) is 25.4 Å². The Labute approximate surface area is 160 Å². The third kappa shape index (κ3) is 3.09. The largest absolute Gasteiger partial charge is 0.504 e. The molecule has 1 aromatic carbocycles. The fraction of sp³-hybridized carbons (Fsp3) is 0.412. The van der Waals surface area contributed by atoms with Gasteiger partial charge in [0.25, 0.3) is 0 Å². The van der Waals surface area contributed by atoms with Crippen LogP contribution in [0.2, 0.25) is 0 Å². The Bertz CT molecular complexity index is 993. The van der Waals surface area contributed by atoms with Crippen molar-refractivity contribution in [1.29, 1.82) is 0 Å². The van der Waals surface area contributed by atoms with Crippen molar-refractivity contribution < 1.29 is 20.1 Å². The maximum Gasteiger partial charge on any atom is 0.229 e. The number of hydrogen-bond donors (Lipinski definition) is 5. The number of H-pyrrole nitrogens is 1. The van der Waals surface area contributed by atoms with E-state index in [1.54, 1.807) is 12.1 Å². The number of anilines is 2. The van der Waals surface area contributed by atoms with Crippen LogP contribution < -0.4 is 15.0 Å². The molecule has 3 heterocycles. The van der Waals surface area contributed by atoms with Gasteiger partial charge in [-0.25, -0.2) is 0 Å². The molecule has 148 valence electrons. The molecule has 2 aromatic heterocycles. The van der Waals surface area contributed by atoms with E-state index in [1.807, 2.05) is 4.90 Å². The minimum atomic E-state index is -0.320. The minimum Gasteiger partial charge on any atom is -0.504 e. The number of nitrogens with one attached hydrogen (secondary N) is 2. The Hall–Kier alpha value is -3.34. The van der Waals surface area contributed by atoms with Gasteiger partial charge in [0.1, 0.15) is 0 Å². The Morgan fingerprint density at radius 2 is 2.11 bits per heavy atom. The molecular weight excluding hydrogens is 366 g/mol. The van der Waals surface area contributed by atoms with Gasteiger partial charge in [0.15, 0.2) is 22.8 Å². The summed E-state index contributed by atoms with van der Waals surface area (Å²) in [4.78, 5) is 10.9. The summed E-state index contributed by atoms with van der Waals surface area (Å²) in [5, 5.41) is 43.5. The summed E-state index contributed by atoms with van der Waals surface area (Å²) in [6, 6.07) is 3.18. The number of hydrogen-bond acceptors (Lipinski definition) is 10. The number of aliphatic hydroxyl groups is 1. The molecular formula is C17H21N7O4. The first-order valence-corrected chi connectivity index (χ1v) is 8.90. The summed E-state index contributed by atoms with van der Waals surface area (Å²) in [6.07, 6.45) is 1.83. The Morgan fingerprint density at radius 3 is 2.89 bits per heavy atom. The molecule has 11 heteroatoms. The van der Waals surface area contributed by atoms with Gasteiger partial charge in [0.05, 0.1) is 19.8 Å². The summed E-state index contributed by atoms with van der Waals surface area (Å²) >= 11 is 0. The molecule has 0 aliphatic carbocycles. The van der Waals surface area contributed by atoms with Gasteiger partial charge in [0, 0.05) is 18.7 Å². The molecule has 1 fully saturated rings. The molecule has 28 heavy (non-hydrogen) atoms. The first-order valence-electron chi connectivity index (χ1n) is 8.90. The van der Waals surface area contributed by atoms with Crippen LogP contribution in [0.3, 0.4) is 0 Å². The predicted molar refractivity (Wildman–Crippen MR) is 101 cm³/mol. The number of benzene rings is 1. The highest BCUT2D eigenvalue weighted by molar-refractivity contribution is 5.83. The lowest BCUT2D eigenvalue weighted by Crippen LogP contribution is -2.33. The molecule has 4 rings (SSSR count). The highest BCUT2D eigenvalue weighted by Crippen LogP contribution is 2.38. The number of fused-ring (bicyclic) bond motifs is 1. The van der Waals surface area contributed by atoms with Crippen molar-refractivity contribution >= 4 is 22.9 Å². The van der Waals surface area contributed by atoms with Crippen LogP contribution in [0.4, 0.5) is 11.8 Å². The first-order chi connectivity index (χ1) is 13.6. The second-order valence-electron chi connectivity index (χ2n) is 6.52. The molecule has 0 saturated carbocycles. The molecule has 0 bridgehead atoms. The van der Waals surface area contributed by atoms with E-state index in [0.717, 1.165) is 19.4 Å². The number of methoxy groups -OCH3 is 1. The number of phenols is 2. The Kier molecular flexibility index (Phi) is 4.74. The topological polar surface area (TPSA) is 153 Å². The number of nitrogens with zero attached hydrogens (tertiary/aromatic N) is 5. The number of aromatic hydroxyl groups is 2. The van der Waals surface area contributed by atoms with Crippen LogP contribution in [-0.4, -0.2) is 67.0 Å². The Balaban J connectivity index is 1.64. The van der Waals surface area contributed by atoms with Gasteiger partial charge in [-0.15, -0.1) is 5.10 Å². The second kappa shape index (κ2) is 7.35. The standard InChI is InChI=1S/C17H21N7O4/c1-28-11-5-4-9(13(26)14(11)27)7-18-15-12-16(22-23-21-12)20-17(19-15)24-6-2-3-10(24)8-25/h4-5,10,25-27H,2-3,6-8H2,1H3,(H2,18,19,20,21,22,23). The van der Waals surface area contributed by atoms with Crippen LogP contribution in [-0.2, 0) is 6.54 Å². The van der Waals surface area contributed by atoms with Crippen molar-refractivity contribution in [2.24, 2.45) is 0 Å². The molecule has 1 atom stereocenters. The van der Waals surface area contributed by atoms with E-state index in [9.17, 15) is 15.3 Å². The molecule has 0 amide bonds. The van der Waals surface area contributed by atoms with E-state index in [2.05, 4.69) is 30.7 Å². The van der Waals surface area contributed by atoms with E-state index in [0.29, 0.717) is 28.5 Å². The average molecular weight is 387 g/mol. The highest BCUT2D eigenvalue weighted by Gasteiger charge is 2.27. The first kappa shape index (κ1) is 18.0. The number of ether oxygens (including phenoxy) is 1. The van der Waals surface area contributed by atoms with Crippen LogP contribution in [0.15, 0.2) is 12.1 Å². The third-order valence-electron chi connectivity index (χ3n) is 4.88. The van der Waals surface area contributed by atoms with Crippen molar-refractivity contribution in [1.82, 2.24) is 25.4 Å². The molecule has 11 nitrogen and oxygen atoms in total. The quantitative estimate of drug-likeness (QED) is 0.383. The summed E-state index contributed by atoms with van der Waals surface area (Å²) in [6.45, 7) is 0.967. The third-order valence-corrected chi connectivity index (χ3v) is 4.88. The van der Waals surface area contributed by atoms with Crippen molar-refractivity contribution in [3.8, 4) is 17.2 Å². The predicted octanol–water partition coefficient (Wildman–Crippen LogP) is 0.741. The van der Waals surface area contributed by atoms with E-state index >= 15 is 0 Å². The second-order valence-corrected chi connectivity index (χ2v) is 6.52. The van der Waals surface area contributed by atoms with E-state index < -0.39 is 0 Å². The monoisotopic (exact) mass is 387 g/mol. The molecule has 1 aliphatic rings. The molecule has 3 aromatic rings. The molecule has 0 spiro atoms. The minimum absolute atomic E-state index is 0.0280. The normalized spacial score (nSPS) is 16.6. The highest BCUT2D eigenvalue weighted by atomic mass is 16.5. The van der Waals surface area contributed by atoms with E-state index in [1.165, 1.54) is 7.11 Å². The zero-order chi connectivity index (χ0) is 19.7. The number of aromatic amines is 1. The van der Waals surface area contributed by atoms with Crippen LogP contribution >= 0.6 is 0 Å². The van der Waals surface area contributed by atoms with Gasteiger partial charge in [0.2, 0.25) is 17.3 Å². The van der Waals surface area contributed by atoms with Gasteiger partial charge < -0.3 is 30.3 Å². The SMILES string of the molecule is COc1ccc(CNc2nc(N3CCCC3CO)nc3n[nH]nc23)c(O)c1O. The molecule has 1 aliphatic heterocycles. The van der Waals surface area contributed by atoms with Crippen LogP contribution in [0, 0.1) is 0 Å². The van der Waals surface area contributed by atoms with Crippen molar-refractivity contribution in [2.75, 3.05) is 30.5 Å². The van der Waals surface area contributed by atoms with E-state index in [-0.39, 0.29) is 36.4 Å². The van der Waals surface area contributed by atoms with Gasteiger partial charge in [-0.3, -0.25) is 0 Å². The molecule has 5 N–H and O–H groups in total. The van der Waals surface area contributed by atoms with Gasteiger partial charge in [-0.05, 0) is 25.0 Å². The number of aromatic nitrogens is 5. The lowest BCUT2D eigenvalue weighted by atomic mass is 10.1. The summed E-state index contributed by atoms with van der Waals surface area (Å²) in [5.74, 6) is 0.500. The number of aliphatic hydroxyl groups excluding tert-OH is 1. The van der Waals surface area contributed by atoms with Gasteiger partial charge in [-0.1, -0.05) is 0 Å². The van der Waals surface area contributed by atoms with Crippen molar-refractivity contribution in [3.05, 3.63) is 17.7 Å². The van der Waals surface area contributed by atoms with Crippen molar-refractivity contribution in [3.63, 3.8) is 0 Å². The van der Waals surface area contributed by atoms with Crippen LogP contribution in [0.25, 0.3) is 11.2 Å². The van der Waals surface area contributed by atoms with Crippen LogP contribution in [0.1, 0.15) is 18.4 Å². The zero-order valence-electron chi connectivity index (χ0n) is 15.3. The summed E-state index contributed by atoms with van der Waals surface area (Å²) < 4.78 is 4.98. The summed E-state index contributed by atoms with van der Waals surface area (Å²) in [5.41, 5.74) is 1.32.